The highest BCUT2D eigenvalue weighted by Crippen LogP contribution is 2.38. The summed E-state index contributed by atoms with van der Waals surface area (Å²) in [6, 6.07) is 0. The van der Waals surface area contributed by atoms with Crippen LogP contribution in [0.5, 0.6) is 0 Å². The fourth-order valence-corrected chi connectivity index (χ4v) is 6.69. The third-order valence-electron chi connectivity index (χ3n) is 9.46. The Kier molecular flexibility index (Phi) is 37.1. The SMILES string of the molecule is CC/C=C/C=C/C=C/C=C/CCCCCCCC(=O)OC[C@H](COP(=O)([O-])OCC[N+](C)(C)C)OC(=O)CCCCCCCCCCCCCCCCCCC. The number of esters is 2. The maximum Gasteiger partial charge on any atom is 0.306 e. The van der Waals surface area contributed by atoms with Gasteiger partial charge < -0.3 is 27.9 Å². The minimum atomic E-state index is -4.63. The Hall–Kier alpha value is -2.03. The van der Waals surface area contributed by atoms with Gasteiger partial charge in [-0.1, -0.05) is 184 Å². The second-order valence-corrected chi connectivity index (χ2v) is 17.5. The molecule has 0 saturated heterocycles. The van der Waals surface area contributed by atoms with Gasteiger partial charge in [-0.2, -0.15) is 0 Å². The van der Waals surface area contributed by atoms with Crippen molar-refractivity contribution in [3.05, 3.63) is 48.6 Å². The number of carbonyl (C=O) groups excluding carboxylic acids is 2. The lowest BCUT2D eigenvalue weighted by molar-refractivity contribution is -0.870. The van der Waals surface area contributed by atoms with Gasteiger partial charge in [-0.25, -0.2) is 0 Å². The summed E-state index contributed by atoms with van der Waals surface area (Å²) in [6.45, 7) is 4.07. The van der Waals surface area contributed by atoms with Gasteiger partial charge in [-0.15, -0.1) is 0 Å². The molecule has 0 aromatic rings. The number of allylic oxidation sites excluding steroid dienone is 8. The summed E-state index contributed by atoms with van der Waals surface area (Å²) in [5.41, 5.74) is 0. The van der Waals surface area contributed by atoms with Crippen LogP contribution in [0.3, 0.4) is 0 Å². The lowest BCUT2D eigenvalue weighted by atomic mass is 10.0. The first-order valence-electron chi connectivity index (χ1n) is 22.4. The van der Waals surface area contributed by atoms with Crippen LogP contribution in [-0.4, -0.2) is 70.0 Å². The molecule has 0 heterocycles. The monoisotopic (exact) mass is 810 g/mol. The highest BCUT2D eigenvalue weighted by atomic mass is 31.2. The molecule has 2 atom stereocenters. The molecule has 0 fully saturated rings. The number of nitrogens with zero attached hydrogens (tertiary/aromatic N) is 1. The van der Waals surface area contributed by atoms with Crippen LogP contribution >= 0.6 is 7.82 Å². The number of phosphoric acid groups is 1. The van der Waals surface area contributed by atoms with Crippen molar-refractivity contribution < 1.29 is 42.1 Å². The van der Waals surface area contributed by atoms with Gasteiger partial charge in [-0.05, 0) is 32.1 Å². The number of hydrogen-bond acceptors (Lipinski definition) is 8. The van der Waals surface area contributed by atoms with Crippen LogP contribution in [0.2, 0.25) is 0 Å². The van der Waals surface area contributed by atoms with Crippen molar-refractivity contribution in [2.75, 3.05) is 47.5 Å². The van der Waals surface area contributed by atoms with Crippen molar-refractivity contribution in [1.82, 2.24) is 0 Å². The van der Waals surface area contributed by atoms with Gasteiger partial charge >= 0.3 is 11.9 Å². The van der Waals surface area contributed by atoms with E-state index in [-0.39, 0.29) is 26.1 Å². The zero-order chi connectivity index (χ0) is 41.4. The highest BCUT2D eigenvalue weighted by Gasteiger charge is 2.21. The highest BCUT2D eigenvalue weighted by molar-refractivity contribution is 7.45. The minimum absolute atomic E-state index is 0.0354. The Morgan fingerprint density at radius 2 is 1.02 bits per heavy atom. The Morgan fingerprint density at radius 1 is 0.571 bits per heavy atom. The maximum absolute atomic E-state index is 12.7. The molecule has 326 valence electrons. The van der Waals surface area contributed by atoms with E-state index in [1.54, 1.807) is 0 Å². The van der Waals surface area contributed by atoms with E-state index in [0.29, 0.717) is 23.9 Å². The maximum atomic E-state index is 12.7. The molecule has 0 rings (SSSR count). The average molecular weight is 810 g/mol. The van der Waals surface area contributed by atoms with Crippen LogP contribution in [0.25, 0.3) is 0 Å². The molecule has 10 heteroatoms. The van der Waals surface area contributed by atoms with Crippen LogP contribution in [0.1, 0.15) is 181 Å². The molecule has 0 aromatic carbocycles. The quantitative estimate of drug-likeness (QED) is 0.0198. The normalized spacial score (nSPS) is 14.0. The Labute approximate surface area is 343 Å². The minimum Gasteiger partial charge on any atom is -0.756 e. The van der Waals surface area contributed by atoms with Gasteiger partial charge in [0.15, 0.2) is 6.10 Å². The predicted molar refractivity (Wildman–Crippen MR) is 231 cm³/mol. The molecule has 0 radical (unpaired) electrons. The molecule has 9 nitrogen and oxygen atoms in total. The summed E-state index contributed by atoms with van der Waals surface area (Å²) in [7, 11) is 1.15. The van der Waals surface area contributed by atoms with Crippen LogP contribution in [0.15, 0.2) is 48.6 Å². The Morgan fingerprint density at radius 3 is 1.52 bits per heavy atom. The largest absolute Gasteiger partial charge is 0.756 e. The van der Waals surface area contributed by atoms with Gasteiger partial charge in [0.2, 0.25) is 0 Å². The summed E-state index contributed by atoms with van der Waals surface area (Å²) in [5, 5.41) is 0. The average Bonchev–Trinajstić information content (AvgIpc) is 3.15. The van der Waals surface area contributed by atoms with Gasteiger partial charge in [0.05, 0.1) is 27.7 Å². The first kappa shape index (κ1) is 54.0. The third kappa shape index (κ3) is 41.6. The number of phosphoric ester groups is 1. The smallest absolute Gasteiger partial charge is 0.306 e. The van der Waals surface area contributed by atoms with Crippen LogP contribution in [-0.2, 0) is 32.7 Å². The summed E-state index contributed by atoms with van der Waals surface area (Å²) in [5.74, 6) is -0.859. The molecule has 0 amide bonds. The van der Waals surface area contributed by atoms with Crippen molar-refractivity contribution in [1.29, 1.82) is 0 Å². The second kappa shape index (κ2) is 38.5. The summed E-state index contributed by atoms with van der Waals surface area (Å²) in [4.78, 5) is 37.5. The van der Waals surface area contributed by atoms with Crippen molar-refractivity contribution in [2.24, 2.45) is 0 Å². The number of unbranched alkanes of at least 4 members (excludes halogenated alkanes) is 21. The standard InChI is InChI=1S/C46H84NO8P/c1-6-8-10-12-14-16-18-20-22-23-25-27-29-31-33-35-37-39-46(49)55-44(43-54-56(50,51)53-41-40-47(3,4)5)42-52-45(48)38-36-34-32-30-28-26-24-21-19-17-15-13-11-9-7-2/h9,11,13,15,17,19,21,24,44H,6-8,10,12,14,16,18,20,22-23,25-43H2,1-5H3/b11-9+,15-13+,19-17+,24-21+/t44-/m1/s1. The van der Waals surface area contributed by atoms with Gasteiger partial charge in [0.1, 0.15) is 19.8 Å². The molecule has 0 saturated carbocycles. The Balaban J connectivity index is 4.37. The van der Waals surface area contributed by atoms with E-state index in [9.17, 15) is 19.0 Å². The van der Waals surface area contributed by atoms with E-state index in [2.05, 4.69) is 32.1 Å². The predicted octanol–water partition coefficient (Wildman–Crippen LogP) is 12.1. The van der Waals surface area contributed by atoms with Crippen LogP contribution < -0.4 is 4.89 Å². The van der Waals surface area contributed by atoms with Crippen molar-refractivity contribution in [2.45, 2.75) is 187 Å². The van der Waals surface area contributed by atoms with Crippen molar-refractivity contribution in [3.8, 4) is 0 Å². The fourth-order valence-electron chi connectivity index (χ4n) is 5.96. The molecule has 0 spiro atoms. The number of hydrogen-bond donors (Lipinski definition) is 0. The molecule has 0 aliphatic carbocycles. The lowest BCUT2D eigenvalue weighted by Crippen LogP contribution is -2.37. The molecular formula is C46H84NO8P. The zero-order valence-electron chi connectivity index (χ0n) is 36.6. The van der Waals surface area contributed by atoms with Crippen molar-refractivity contribution >= 4 is 19.8 Å². The topological polar surface area (TPSA) is 111 Å². The van der Waals surface area contributed by atoms with E-state index in [1.807, 2.05) is 51.5 Å². The fraction of sp³-hybridized carbons (Fsp3) is 0.783. The van der Waals surface area contributed by atoms with E-state index < -0.39 is 32.5 Å². The van der Waals surface area contributed by atoms with Gasteiger partial charge in [0, 0.05) is 12.8 Å². The van der Waals surface area contributed by atoms with Crippen LogP contribution in [0.4, 0.5) is 0 Å². The van der Waals surface area contributed by atoms with Gasteiger partial charge in [0.25, 0.3) is 7.82 Å². The molecule has 0 N–H and O–H groups in total. The summed E-state index contributed by atoms with van der Waals surface area (Å²) in [6.07, 6.45) is 44.2. The molecule has 1 unspecified atom stereocenters. The van der Waals surface area contributed by atoms with Crippen LogP contribution in [0, 0.1) is 0 Å². The zero-order valence-corrected chi connectivity index (χ0v) is 37.5. The second-order valence-electron chi connectivity index (χ2n) is 16.1. The molecule has 0 aliphatic heterocycles. The number of ether oxygens (including phenoxy) is 2. The number of likely N-dealkylation sites (N-methyl/N-ethyl adjacent to an activating group) is 1. The van der Waals surface area contributed by atoms with Gasteiger partial charge in [-0.3, -0.25) is 14.2 Å². The third-order valence-corrected chi connectivity index (χ3v) is 10.4. The molecule has 56 heavy (non-hydrogen) atoms. The molecule has 0 aliphatic rings. The summed E-state index contributed by atoms with van der Waals surface area (Å²) >= 11 is 0. The molecular weight excluding hydrogens is 725 g/mol. The van der Waals surface area contributed by atoms with E-state index in [0.717, 1.165) is 57.8 Å². The first-order chi connectivity index (χ1) is 27.0. The van der Waals surface area contributed by atoms with Crippen molar-refractivity contribution in [3.63, 3.8) is 0 Å². The summed E-state index contributed by atoms with van der Waals surface area (Å²) < 4.78 is 33.9. The number of carbonyl (C=O) groups is 2. The first-order valence-corrected chi connectivity index (χ1v) is 23.9. The molecule has 0 aromatic heterocycles. The van der Waals surface area contributed by atoms with E-state index >= 15 is 0 Å². The number of rotatable bonds is 40. The Bertz CT molecular complexity index is 1100. The lowest BCUT2D eigenvalue weighted by Gasteiger charge is -2.28. The molecule has 0 bridgehead atoms. The van der Waals surface area contributed by atoms with E-state index in [1.165, 1.54) is 83.5 Å². The number of quaternary nitrogens is 1. The van der Waals surface area contributed by atoms with E-state index in [4.69, 9.17) is 18.5 Å².